The predicted octanol–water partition coefficient (Wildman–Crippen LogP) is 3.44. The number of benzene rings is 1. The molecule has 1 heterocycles. The first-order chi connectivity index (χ1) is 8.22. The molecule has 5 heteroatoms. The summed E-state index contributed by atoms with van der Waals surface area (Å²) in [7, 11) is 1.83. The molecule has 0 fully saturated rings. The predicted molar refractivity (Wildman–Crippen MR) is 69.0 cm³/mol. The molecule has 1 unspecified atom stereocenters. The second-order valence-corrected chi connectivity index (χ2v) is 4.78. The Morgan fingerprint density at radius 1 is 1.53 bits per heavy atom. The van der Waals surface area contributed by atoms with Crippen LogP contribution in [-0.2, 0) is 6.42 Å². The van der Waals surface area contributed by atoms with E-state index in [9.17, 15) is 4.39 Å². The van der Waals surface area contributed by atoms with Crippen LogP contribution in [0.4, 0.5) is 4.39 Å². The van der Waals surface area contributed by atoms with Crippen LogP contribution in [0, 0.1) is 5.82 Å². The van der Waals surface area contributed by atoms with Crippen LogP contribution in [0.1, 0.15) is 17.3 Å². The maximum Gasteiger partial charge on any atom is 0.127 e. The quantitative estimate of drug-likeness (QED) is 0.921. The Labute approximate surface area is 108 Å². The number of thiazole rings is 1. The summed E-state index contributed by atoms with van der Waals surface area (Å²) in [6.45, 7) is 0. The summed E-state index contributed by atoms with van der Waals surface area (Å²) < 4.78 is 13.7. The number of likely N-dealkylation sites (N-methyl/N-ethyl adjacent to an activating group) is 1. The lowest BCUT2D eigenvalue weighted by Crippen LogP contribution is -2.19. The number of rotatable bonds is 4. The van der Waals surface area contributed by atoms with Gasteiger partial charge in [0.1, 0.15) is 5.82 Å². The van der Waals surface area contributed by atoms with Gasteiger partial charge in [-0.1, -0.05) is 17.7 Å². The minimum absolute atomic E-state index is 0.0179. The second kappa shape index (κ2) is 5.58. The molecule has 0 spiro atoms. The van der Waals surface area contributed by atoms with Gasteiger partial charge in [-0.3, -0.25) is 0 Å². The van der Waals surface area contributed by atoms with Crippen LogP contribution in [0.3, 0.4) is 0 Å². The largest absolute Gasteiger partial charge is 0.311 e. The monoisotopic (exact) mass is 270 g/mol. The highest BCUT2D eigenvalue weighted by molar-refractivity contribution is 7.07. The third-order valence-corrected chi connectivity index (χ3v) is 3.59. The van der Waals surface area contributed by atoms with Gasteiger partial charge in [-0.05, 0) is 25.6 Å². The zero-order valence-corrected chi connectivity index (χ0v) is 10.9. The van der Waals surface area contributed by atoms with E-state index in [4.69, 9.17) is 11.6 Å². The normalized spacial score (nSPS) is 12.6. The zero-order chi connectivity index (χ0) is 12.3. The van der Waals surface area contributed by atoms with E-state index in [0.29, 0.717) is 17.0 Å². The third kappa shape index (κ3) is 2.83. The summed E-state index contributed by atoms with van der Waals surface area (Å²) in [4.78, 5) is 4.23. The maximum absolute atomic E-state index is 13.7. The highest BCUT2D eigenvalue weighted by Crippen LogP contribution is 2.25. The first kappa shape index (κ1) is 12.5. The van der Waals surface area contributed by atoms with Crippen molar-refractivity contribution in [3.05, 3.63) is 51.2 Å². The highest BCUT2D eigenvalue weighted by atomic mass is 35.5. The molecule has 0 saturated carbocycles. The number of halogens is 2. The highest BCUT2D eigenvalue weighted by Gasteiger charge is 2.16. The van der Waals surface area contributed by atoms with Gasteiger partial charge in [-0.2, -0.15) is 0 Å². The molecule has 90 valence electrons. The van der Waals surface area contributed by atoms with E-state index in [0.717, 1.165) is 5.69 Å². The second-order valence-electron chi connectivity index (χ2n) is 3.66. The summed E-state index contributed by atoms with van der Waals surface area (Å²) in [5.74, 6) is -0.270. The number of aromatic nitrogens is 1. The Balaban J connectivity index is 2.25. The Morgan fingerprint density at radius 2 is 2.35 bits per heavy atom. The summed E-state index contributed by atoms with van der Waals surface area (Å²) in [5, 5.41) is 5.54. The lowest BCUT2D eigenvalue weighted by Gasteiger charge is -2.15. The molecule has 0 bridgehead atoms. The number of nitrogens with one attached hydrogen (secondary N) is 1. The molecule has 2 aromatic rings. The fourth-order valence-electron chi connectivity index (χ4n) is 1.68. The molecule has 0 aliphatic carbocycles. The summed E-state index contributed by atoms with van der Waals surface area (Å²) in [6, 6.07) is 4.72. The Morgan fingerprint density at radius 3 is 2.94 bits per heavy atom. The van der Waals surface area contributed by atoms with Crippen LogP contribution in [0.15, 0.2) is 29.1 Å². The van der Waals surface area contributed by atoms with E-state index >= 15 is 0 Å². The lowest BCUT2D eigenvalue weighted by molar-refractivity contribution is 0.547. The molecule has 0 aliphatic heterocycles. The standard InChI is InChI=1S/C12H12ClFN2S/c1-15-11(12-6-17-7-16-12)5-8-9(13)3-2-4-10(8)14/h2-4,6-7,11,15H,5H2,1H3. The molecule has 1 aromatic heterocycles. The SMILES string of the molecule is CNC(Cc1c(F)cccc1Cl)c1cscn1. The van der Waals surface area contributed by atoms with E-state index in [1.165, 1.54) is 17.4 Å². The third-order valence-electron chi connectivity index (χ3n) is 2.63. The van der Waals surface area contributed by atoms with Crippen molar-refractivity contribution in [2.75, 3.05) is 7.05 Å². The molecule has 1 N–H and O–H groups in total. The van der Waals surface area contributed by atoms with E-state index in [1.807, 2.05) is 12.4 Å². The van der Waals surface area contributed by atoms with Gasteiger partial charge in [0.05, 0.1) is 17.2 Å². The van der Waals surface area contributed by atoms with Gasteiger partial charge in [0.15, 0.2) is 0 Å². The zero-order valence-electron chi connectivity index (χ0n) is 9.28. The van der Waals surface area contributed by atoms with Crippen LogP contribution in [0.2, 0.25) is 5.02 Å². The smallest absolute Gasteiger partial charge is 0.127 e. The van der Waals surface area contributed by atoms with Crippen molar-refractivity contribution in [1.29, 1.82) is 0 Å². The number of hydrogen-bond donors (Lipinski definition) is 1. The van der Waals surface area contributed by atoms with Gasteiger partial charge >= 0.3 is 0 Å². The van der Waals surface area contributed by atoms with Crippen molar-refractivity contribution in [3.63, 3.8) is 0 Å². The van der Waals surface area contributed by atoms with Crippen LogP contribution >= 0.6 is 22.9 Å². The Kier molecular flexibility index (Phi) is 4.10. The van der Waals surface area contributed by atoms with E-state index in [2.05, 4.69) is 10.3 Å². The van der Waals surface area contributed by atoms with Crippen molar-refractivity contribution in [3.8, 4) is 0 Å². The molecule has 0 saturated heterocycles. The van der Waals surface area contributed by atoms with Crippen molar-refractivity contribution < 1.29 is 4.39 Å². The first-order valence-corrected chi connectivity index (χ1v) is 6.52. The summed E-state index contributed by atoms with van der Waals surface area (Å²) >= 11 is 7.53. The summed E-state index contributed by atoms with van der Waals surface area (Å²) in [5.41, 5.74) is 3.21. The molecular formula is C12H12ClFN2S. The van der Waals surface area contributed by atoms with Gasteiger partial charge in [0, 0.05) is 16.0 Å². The van der Waals surface area contributed by atoms with Crippen molar-refractivity contribution >= 4 is 22.9 Å². The molecule has 17 heavy (non-hydrogen) atoms. The molecule has 0 amide bonds. The topological polar surface area (TPSA) is 24.9 Å². The molecular weight excluding hydrogens is 259 g/mol. The van der Waals surface area contributed by atoms with E-state index in [-0.39, 0.29) is 11.9 Å². The molecule has 1 atom stereocenters. The first-order valence-electron chi connectivity index (χ1n) is 5.20. The van der Waals surface area contributed by atoms with Crippen LogP contribution < -0.4 is 5.32 Å². The average Bonchev–Trinajstić information content (AvgIpc) is 2.82. The molecule has 2 rings (SSSR count). The van der Waals surface area contributed by atoms with Crippen LogP contribution in [-0.4, -0.2) is 12.0 Å². The van der Waals surface area contributed by atoms with Crippen molar-refractivity contribution in [2.24, 2.45) is 0 Å². The maximum atomic E-state index is 13.7. The summed E-state index contributed by atoms with van der Waals surface area (Å²) in [6.07, 6.45) is 0.492. The lowest BCUT2D eigenvalue weighted by atomic mass is 10.0. The molecule has 0 aliphatic rings. The van der Waals surface area contributed by atoms with Crippen molar-refractivity contribution in [1.82, 2.24) is 10.3 Å². The molecule has 1 aromatic carbocycles. The molecule has 2 nitrogen and oxygen atoms in total. The van der Waals surface area contributed by atoms with Crippen LogP contribution in [0.25, 0.3) is 0 Å². The van der Waals surface area contributed by atoms with Gasteiger partial charge in [-0.25, -0.2) is 9.37 Å². The Bertz CT molecular complexity index is 467. The van der Waals surface area contributed by atoms with E-state index < -0.39 is 0 Å². The fourth-order valence-corrected chi connectivity index (χ4v) is 2.53. The minimum atomic E-state index is -0.270. The van der Waals surface area contributed by atoms with Gasteiger partial charge < -0.3 is 5.32 Å². The van der Waals surface area contributed by atoms with Crippen LogP contribution in [0.5, 0.6) is 0 Å². The number of nitrogens with zero attached hydrogens (tertiary/aromatic N) is 1. The fraction of sp³-hybridized carbons (Fsp3) is 0.250. The number of hydrogen-bond acceptors (Lipinski definition) is 3. The molecule has 0 radical (unpaired) electrons. The van der Waals surface area contributed by atoms with Crippen molar-refractivity contribution in [2.45, 2.75) is 12.5 Å². The average molecular weight is 271 g/mol. The van der Waals surface area contributed by atoms with Gasteiger partial charge in [0.2, 0.25) is 0 Å². The van der Waals surface area contributed by atoms with Gasteiger partial charge in [-0.15, -0.1) is 11.3 Å². The van der Waals surface area contributed by atoms with E-state index in [1.54, 1.807) is 17.6 Å². The minimum Gasteiger partial charge on any atom is -0.311 e. The van der Waals surface area contributed by atoms with Gasteiger partial charge in [0.25, 0.3) is 0 Å². The Hall–Kier alpha value is -0.970.